The average molecular weight is 316 g/mol. The van der Waals surface area contributed by atoms with Gasteiger partial charge in [0.05, 0.1) is 11.3 Å². The minimum Gasteiger partial charge on any atom is -0.380 e. The Kier molecular flexibility index (Phi) is 3.74. The molecule has 0 aliphatic heterocycles. The second-order valence-corrected chi connectivity index (χ2v) is 5.53. The van der Waals surface area contributed by atoms with Crippen LogP contribution in [0.1, 0.15) is 11.1 Å². The van der Waals surface area contributed by atoms with E-state index in [1.807, 2.05) is 24.4 Å². The first-order chi connectivity index (χ1) is 10.2. The largest absolute Gasteiger partial charge is 0.380 e. The quantitative estimate of drug-likeness (QED) is 0.717. The molecule has 0 radical (unpaired) electrons. The zero-order valence-electron chi connectivity index (χ0n) is 11.0. The van der Waals surface area contributed by atoms with Gasteiger partial charge in [-0.1, -0.05) is 29.3 Å². The van der Waals surface area contributed by atoms with Crippen molar-refractivity contribution >= 4 is 39.8 Å². The van der Waals surface area contributed by atoms with Gasteiger partial charge in [0.2, 0.25) is 0 Å². The summed E-state index contributed by atoms with van der Waals surface area (Å²) in [5.74, 6) is 0. The monoisotopic (exact) mass is 315 g/mol. The molecule has 0 fully saturated rings. The fraction of sp³-hybridized carbons (Fsp3) is 0.0625. The standard InChI is InChI=1S/C16H11Cl2N3/c17-12-2-1-10(7-19)15(5-12)20-8-11-9-21-16-6-13(18)3-4-14(11)16/h1-6,9,20-21H,8H2. The van der Waals surface area contributed by atoms with Gasteiger partial charge in [0, 0.05) is 33.7 Å². The lowest BCUT2D eigenvalue weighted by Crippen LogP contribution is -2.00. The third-order valence-electron chi connectivity index (χ3n) is 3.30. The van der Waals surface area contributed by atoms with E-state index in [-0.39, 0.29) is 0 Å². The zero-order chi connectivity index (χ0) is 14.8. The topological polar surface area (TPSA) is 51.6 Å². The van der Waals surface area contributed by atoms with Crippen molar-refractivity contribution < 1.29 is 0 Å². The van der Waals surface area contributed by atoms with Crippen molar-refractivity contribution in [3.63, 3.8) is 0 Å². The molecule has 21 heavy (non-hydrogen) atoms. The molecule has 0 amide bonds. The molecule has 0 bridgehead atoms. The Balaban J connectivity index is 1.87. The highest BCUT2D eigenvalue weighted by atomic mass is 35.5. The van der Waals surface area contributed by atoms with Crippen LogP contribution in [0.15, 0.2) is 42.6 Å². The molecule has 0 aliphatic rings. The third-order valence-corrected chi connectivity index (χ3v) is 3.77. The molecule has 0 spiro atoms. The van der Waals surface area contributed by atoms with E-state index >= 15 is 0 Å². The molecular formula is C16H11Cl2N3. The number of nitrogens with zero attached hydrogens (tertiary/aromatic N) is 1. The number of halogens is 2. The highest BCUT2D eigenvalue weighted by molar-refractivity contribution is 6.31. The Morgan fingerprint density at radius 1 is 1.10 bits per heavy atom. The number of rotatable bonds is 3. The van der Waals surface area contributed by atoms with Gasteiger partial charge in [0.15, 0.2) is 0 Å². The van der Waals surface area contributed by atoms with Crippen LogP contribution in [0.2, 0.25) is 10.0 Å². The summed E-state index contributed by atoms with van der Waals surface area (Å²) < 4.78 is 0. The van der Waals surface area contributed by atoms with Crippen LogP contribution in [0, 0.1) is 11.3 Å². The van der Waals surface area contributed by atoms with Gasteiger partial charge in [0.1, 0.15) is 6.07 Å². The summed E-state index contributed by atoms with van der Waals surface area (Å²) in [6.45, 7) is 0.594. The Morgan fingerprint density at radius 3 is 2.67 bits per heavy atom. The number of aromatic nitrogens is 1. The number of anilines is 1. The second kappa shape index (κ2) is 5.69. The van der Waals surface area contributed by atoms with Gasteiger partial charge in [-0.25, -0.2) is 0 Å². The molecule has 1 heterocycles. The van der Waals surface area contributed by atoms with Gasteiger partial charge in [-0.2, -0.15) is 5.26 Å². The lowest BCUT2D eigenvalue weighted by molar-refractivity contribution is 1.16. The number of benzene rings is 2. The van der Waals surface area contributed by atoms with Crippen LogP contribution >= 0.6 is 23.2 Å². The molecule has 0 aliphatic carbocycles. The molecule has 0 unspecified atom stereocenters. The van der Waals surface area contributed by atoms with Crippen LogP contribution in [0.4, 0.5) is 5.69 Å². The lowest BCUT2D eigenvalue weighted by Gasteiger charge is -2.08. The van der Waals surface area contributed by atoms with Gasteiger partial charge in [-0.15, -0.1) is 0 Å². The SMILES string of the molecule is N#Cc1ccc(Cl)cc1NCc1c[nH]c2cc(Cl)ccc12. The summed E-state index contributed by atoms with van der Waals surface area (Å²) in [6.07, 6.45) is 1.94. The summed E-state index contributed by atoms with van der Waals surface area (Å²) in [5, 5.41) is 14.8. The maximum absolute atomic E-state index is 9.11. The van der Waals surface area contributed by atoms with Crippen molar-refractivity contribution in [2.24, 2.45) is 0 Å². The Hall–Kier alpha value is -2.15. The Morgan fingerprint density at radius 2 is 1.86 bits per heavy atom. The smallest absolute Gasteiger partial charge is 0.101 e. The molecule has 3 rings (SSSR count). The summed E-state index contributed by atoms with van der Waals surface area (Å²) in [4.78, 5) is 3.19. The number of hydrogen-bond donors (Lipinski definition) is 2. The molecule has 0 atom stereocenters. The van der Waals surface area contributed by atoms with Crippen LogP contribution in [-0.4, -0.2) is 4.98 Å². The van der Waals surface area contributed by atoms with Crippen molar-refractivity contribution in [2.45, 2.75) is 6.54 Å². The summed E-state index contributed by atoms with van der Waals surface area (Å²) >= 11 is 11.9. The Bertz CT molecular complexity index is 846. The molecule has 0 saturated heterocycles. The maximum Gasteiger partial charge on any atom is 0.101 e. The second-order valence-electron chi connectivity index (χ2n) is 4.66. The molecule has 2 N–H and O–H groups in total. The first-order valence-corrected chi connectivity index (χ1v) is 7.12. The maximum atomic E-state index is 9.11. The van der Waals surface area contributed by atoms with Crippen LogP contribution < -0.4 is 5.32 Å². The summed E-state index contributed by atoms with van der Waals surface area (Å²) in [5.41, 5.74) is 3.40. The van der Waals surface area contributed by atoms with E-state index in [0.29, 0.717) is 22.2 Å². The van der Waals surface area contributed by atoms with Crippen LogP contribution in [-0.2, 0) is 6.54 Å². The van der Waals surface area contributed by atoms with Crippen LogP contribution in [0.5, 0.6) is 0 Å². The molecule has 2 aromatic carbocycles. The van der Waals surface area contributed by atoms with E-state index < -0.39 is 0 Å². The van der Waals surface area contributed by atoms with Gasteiger partial charge in [-0.05, 0) is 35.9 Å². The molecule has 5 heteroatoms. The number of H-pyrrole nitrogens is 1. The molecule has 3 nitrogen and oxygen atoms in total. The first kappa shape index (κ1) is 13.8. The van der Waals surface area contributed by atoms with Crippen molar-refractivity contribution in [2.75, 3.05) is 5.32 Å². The van der Waals surface area contributed by atoms with E-state index in [2.05, 4.69) is 16.4 Å². The van der Waals surface area contributed by atoms with Crippen molar-refractivity contribution in [1.82, 2.24) is 4.98 Å². The van der Waals surface area contributed by atoms with E-state index in [0.717, 1.165) is 22.2 Å². The normalized spacial score (nSPS) is 10.5. The predicted octanol–water partition coefficient (Wildman–Crippen LogP) is 4.96. The average Bonchev–Trinajstić information content (AvgIpc) is 2.87. The fourth-order valence-corrected chi connectivity index (χ4v) is 2.60. The first-order valence-electron chi connectivity index (χ1n) is 6.36. The number of hydrogen-bond acceptors (Lipinski definition) is 2. The molecule has 3 aromatic rings. The molecule has 1 aromatic heterocycles. The van der Waals surface area contributed by atoms with Crippen LogP contribution in [0.25, 0.3) is 10.9 Å². The van der Waals surface area contributed by atoms with Crippen molar-refractivity contribution in [1.29, 1.82) is 5.26 Å². The van der Waals surface area contributed by atoms with Crippen molar-refractivity contribution in [3.05, 3.63) is 63.8 Å². The fourth-order valence-electron chi connectivity index (χ4n) is 2.26. The zero-order valence-corrected chi connectivity index (χ0v) is 12.5. The van der Waals surface area contributed by atoms with E-state index in [9.17, 15) is 0 Å². The minimum absolute atomic E-state index is 0.572. The Labute approximate surface area is 132 Å². The van der Waals surface area contributed by atoms with Crippen molar-refractivity contribution in [3.8, 4) is 6.07 Å². The highest BCUT2D eigenvalue weighted by Crippen LogP contribution is 2.25. The predicted molar refractivity (Wildman–Crippen MR) is 86.8 cm³/mol. The third kappa shape index (κ3) is 2.82. The van der Waals surface area contributed by atoms with E-state index in [1.165, 1.54) is 0 Å². The van der Waals surface area contributed by atoms with Gasteiger partial charge in [0.25, 0.3) is 0 Å². The lowest BCUT2D eigenvalue weighted by atomic mass is 10.1. The van der Waals surface area contributed by atoms with Gasteiger partial charge < -0.3 is 10.3 Å². The summed E-state index contributed by atoms with van der Waals surface area (Å²) in [7, 11) is 0. The highest BCUT2D eigenvalue weighted by Gasteiger charge is 2.06. The van der Waals surface area contributed by atoms with Gasteiger partial charge in [-0.3, -0.25) is 0 Å². The number of fused-ring (bicyclic) bond motifs is 1. The minimum atomic E-state index is 0.572. The van der Waals surface area contributed by atoms with E-state index in [1.54, 1.807) is 18.2 Å². The molecule has 0 saturated carbocycles. The summed E-state index contributed by atoms with van der Waals surface area (Å²) in [6, 6.07) is 13.1. The van der Waals surface area contributed by atoms with E-state index in [4.69, 9.17) is 28.5 Å². The van der Waals surface area contributed by atoms with Crippen LogP contribution in [0.3, 0.4) is 0 Å². The molecular weight excluding hydrogens is 305 g/mol. The number of nitriles is 1. The molecule has 104 valence electrons. The number of aromatic amines is 1. The van der Waals surface area contributed by atoms with Gasteiger partial charge >= 0.3 is 0 Å². The number of nitrogens with one attached hydrogen (secondary N) is 2.